The molecule has 0 aliphatic carbocycles. The van der Waals surface area contributed by atoms with Crippen LogP contribution in [0.2, 0.25) is 0 Å². The van der Waals surface area contributed by atoms with Gasteiger partial charge in [-0.1, -0.05) is 18.2 Å². The Kier molecular flexibility index (Phi) is 5.09. The number of hydrogen-bond donors (Lipinski definition) is 0. The molecule has 4 aromatic rings. The summed E-state index contributed by atoms with van der Waals surface area (Å²) in [4.78, 5) is 9.03. The van der Waals surface area contributed by atoms with Crippen molar-refractivity contribution >= 4 is 21.6 Å². The molecular formula is C21H16BrF2N3O. The number of benzene rings is 1. The Morgan fingerprint density at radius 2 is 1.93 bits per heavy atom. The highest BCUT2D eigenvalue weighted by Gasteiger charge is 2.15. The fourth-order valence-corrected chi connectivity index (χ4v) is 3.40. The predicted molar refractivity (Wildman–Crippen MR) is 107 cm³/mol. The topological polar surface area (TPSA) is 39.4 Å². The fourth-order valence-electron chi connectivity index (χ4n) is 3.16. The molecule has 28 heavy (non-hydrogen) atoms. The second-order valence-corrected chi connectivity index (χ2v) is 7.23. The van der Waals surface area contributed by atoms with Crippen LogP contribution in [0.5, 0.6) is 5.75 Å². The van der Waals surface area contributed by atoms with Gasteiger partial charge in [-0.15, -0.1) is 0 Å². The molecule has 4 nitrogen and oxygen atoms in total. The van der Waals surface area contributed by atoms with Crippen molar-refractivity contribution in [2.45, 2.75) is 20.0 Å². The van der Waals surface area contributed by atoms with Gasteiger partial charge in [0, 0.05) is 40.1 Å². The van der Waals surface area contributed by atoms with E-state index in [9.17, 15) is 8.78 Å². The van der Waals surface area contributed by atoms with Crippen molar-refractivity contribution in [1.29, 1.82) is 0 Å². The number of imidazole rings is 1. The minimum atomic E-state index is -2.86. The van der Waals surface area contributed by atoms with Crippen LogP contribution in [0.4, 0.5) is 8.78 Å². The van der Waals surface area contributed by atoms with E-state index in [4.69, 9.17) is 0 Å². The zero-order valence-corrected chi connectivity index (χ0v) is 16.5. The van der Waals surface area contributed by atoms with Crippen molar-refractivity contribution in [1.82, 2.24) is 14.4 Å². The molecule has 0 amide bonds. The summed E-state index contributed by atoms with van der Waals surface area (Å²) in [5.41, 5.74) is 5.01. The van der Waals surface area contributed by atoms with Gasteiger partial charge in [0.1, 0.15) is 11.4 Å². The molecule has 0 aliphatic rings. The number of nitrogens with zero attached hydrogens (tertiary/aromatic N) is 3. The highest BCUT2D eigenvalue weighted by atomic mass is 79.9. The third-order valence-electron chi connectivity index (χ3n) is 4.49. The van der Waals surface area contributed by atoms with Gasteiger partial charge in [0.25, 0.3) is 0 Å². The highest BCUT2D eigenvalue weighted by molar-refractivity contribution is 9.10. The molecule has 0 fully saturated rings. The molecule has 0 unspecified atom stereocenters. The molecule has 0 radical (unpaired) electrons. The first-order chi connectivity index (χ1) is 13.5. The molecule has 1 aromatic carbocycles. The molecular weight excluding hydrogens is 428 g/mol. The predicted octanol–water partition coefficient (Wildman–Crippen LogP) is 5.66. The number of fused-ring (bicyclic) bond motifs is 1. The Balaban J connectivity index is 1.76. The number of para-hydroxylation sites is 1. The summed E-state index contributed by atoms with van der Waals surface area (Å²) in [5.74, 6) is 0.178. The van der Waals surface area contributed by atoms with E-state index in [2.05, 4.69) is 30.6 Å². The first kappa shape index (κ1) is 18.6. The molecule has 142 valence electrons. The summed E-state index contributed by atoms with van der Waals surface area (Å²) in [6, 6.07) is 14.6. The lowest BCUT2D eigenvalue weighted by molar-refractivity contribution is -0.0503. The third-order valence-corrected chi connectivity index (χ3v) is 4.96. The summed E-state index contributed by atoms with van der Waals surface area (Å²) >= 11 is 3.39. The normalized spacial score (nSPS) is 11.3. The number of rotatable bonds is 5. The SMILES string of the molecule is Cc1nc2ccc(-c3ccc(Br)cn3)cn2c1Cc1ccccc1OC(F)F. The third kappa shape index (κ3) is 3.75. The van der Waals surface area contributed by atoms with Crippen LogP contribution >= 0.6 is 15.9 Å². The zero-order valence-electron chi connectivity index (χ0n) is 14.9. The van der Waals surface area contributed by atoms with Crippen LogP contribution in [-0.2, 0) is 6.42 Å². The fraction of sp³-hybridized carbons (Fsp3) is 0.143. The molecule has 7 heteroatoms. The molecule has 0 N–H and O–H groups in total. The van der Waals surface area contributed by atoms with E-state index in [0.29, 0.717) is 12.0 Å². The average molecular weight is 444 g/mol. The highest BCUT2D eigenvalue weighted by Crippen LogP contribution is 2.27. The molecule has 4 rings (SSSR count). The summed E-state index contributed by atoms with van der Waals surface area (Å²) < 4.78 is 33.0. The minimum Gasteiger partial charge on any atom is -0.435 e. The Bertz CT molecular complexity index is 1130. The number of hydrogen-bond acceptors (Lipinski definition) is 3. The van der Waals surface area contributed by atoms with Gasteiger partial charge in [0.15, 0.2) is 0 Å². The summed E-state index contributed by atoms with van der Waals surface area (Å²) in [5, 5.41) is 0. The van der Waals surface area contributed by atoms with E-state index in [1.807, 2.05) is 47.9 Å². The molecule has 0 spiro atoms. The van der Waals surface area contributed by atoms with E-state index < -0.39 is 6.61 Å². The van der Waals surface area contributed by atoms with Crippen molar-refractivity contribution in [3.63, 3.8) is 0 Å². The van der Waals surface area contributed by atoms with Gasteiger partial charge in [0.05, 0.1) is 11.4 Å². The van der Waals surface area contributed by atoms with E-state index in [-0.39, 0.29) is 5.75 Å². The van der Waals surface area contributed by atoms with Crippen molar-refractivity contribution in [2.24, 2.45) is 0 Å². The van der Waals surface area contributed by atoms with Crippen LogP contribution in [0.15, 0.2) is 65.4 Å². The first-order valence-corrected chi connectivity index (χ1v) is 9.43. The molecule has 0 bridgehead atoms. The van der Waals surface area contributed by atoms with Gasteiger partial charge >= 0.3 is 6.61 Å². The Hall–Kier alpha value is -2.80. The Morgan fingerprint density at radius 1 is 1.11 bits per heavy atom. The van der Waals surface area contributed by atoms with Gasteiger partial charge in [0.2, 0.25) is 0 Å². The lowest BCUT2D eigenvalue weighted by atomic mass is 10.1. The van der Waals surface area contributed by atoms with Gasteiger partial charge in [-0.2, -0.15) is 8.78 Å². The Labute approximate surface area is 169 Å². The molecule has 0 saturated carbocycles. The first-order valence-electron chi connectivity index (χ1n) is 8.63. The monoisotopic (exact) mass is 443 g/mol. The second-order valence-electron chi connectivity index (χ2n) is 6.31. The average Bonchev–Trinajstić information content (AvgIpc) is 2.98. The van der Waals surface area contributed by atoms with Crippen LogP contribution in [0.1, 0.15) is 17.0 Å². The molecule has 3 aromatic heterocycles. The van der Waals surface area contributed by atoms with Crippen LogP contribution in [-0.4, -0.2) is 21.0 Å². The van der Waals surface area contributed by atoms with E-state index in [1.165, 1.54) is 0 Å². The van der Waals surface area contributed by atoms with E-state index in [1.54, 1.807) is 24.4 Å². The number of pyridine rings is 2. The van der Waals surface area contributed by atoms with Gasteiger partial charge in [-0.3, -0.25) is 4.98 Å². The molecule has 0 aliphatic heterocycles. The van der Waals surface area contributed by atoms with Crippen LogP contribution < -0.4 is 4.74 Å². The lowest BCUT2D eigenvalue weighted by Crippen LogP contribution is -2.05. The maximum Gasteiger partial charge on any atom is 0.387 e. The summed E-state index contributed by atoms with van der Waals surface area (Å²) in [6.45, 7) is -0.948. The number of alkyl halides is 2. The maximum absolute atomic E-state index is 12.7. The number of aromatic nitrogens is 3. The Morgan fingerprint density at radius 3 is 2.68 bits per heavy atom. The quantitative estimate of drug-likeness (QED) is 0.399. The number of aryl methyl sites for hydroxylation is 1. The standard InChI is InChI=1S/C21H16BrF2N3O/c1-13-18(10-14-4-2-3-5-19(14)28-21(23)24)27-12-15(6-9-20(27)26-13)17-8-7-16(22)11-25-17/h2-9,11-12,21H,10H2,1H3. The molecule has 0 saturated heterocycles. The van der Waals surface area contributed by atoms with Crippen LogP contribution in [0, 0.1) is 6.92 Å². The maximum atomic E-state index is 12.7. The van der Waals surface area contributed by atoms with Crippen molar-refractivity contribution in [3.05, 3.63) is 82.3 Å². The molecule has 3 heterocycles. The van der Waals surface area contributed by atoms with Gasteiger partial charge in [-0.25, -0.2) is 4.98 Å². The smallest absolute Gasteiger partial charge is 0.387 e. The zero-order chi connectivity index (χ0) is 19.7. The largest absolute Gasteiger partial charge is 0.435 e. The molecule has 0 atom stereocenters. The van der Waals surface area contributed by atoms with E-state index >= 15 is 0 Å². The minimum absolute atomic E-state index is 0.178. The van der Waals surface area contributed by atoms with Crippen molar-refractivity contribution in [3.8, 4) is 17.0 Å². The number of ether oxygens (including phenoxy) is 1. The van der Waals surface area contributed by atoms with E-state index in [0.717, 1.165) is 32.8 Å². The lowest BCUT2D eigenvalue weighted by Gasteiger charge is -2.11. The van der Waals surface area contributed by atoms with Gasteiger partial charge < -0.3 is 9.14 Å². The summed E-state index contributed by atoms with van der Waals surface area (Å²) in [7, 11) is 0. The van der Waals surface area contributed by atoms with Crippen LogP contribution in [0.25, 0.3) is 16.9 Å². The summed E-state index contributed by atoms with van der Waals surface area (Å²) in [6.07, 6.45) is 4.14. The van der Waals surface area contributed by atoms with Crippen LogP contribution in [0.3, 0.4) is 0 Å². The second kappa shape index (κ2) is 7.67. The number of halogens is 3. The van der Waals surface area contributed by atoms with Crippen molar-refractivity contribution in [2.75, 3.05) is 0 Å². The van der Waals surface area contributed by atoms with Gasteiger partial charge in [-0.05, 0) is 53.2 Å². The van der Waals surface area contributed by atoms with Crippen molar-refractivity contribution < 1.29 is 13.5 Å².